The fourth-order valence-corrected chi connectivity index (χ4v) is 4.11. The normalized spacial score (nSPS) is 14.0. The molecule has 0 radical (unpaired) electrons. The van der Waals surface area contributed by atoms with Gasteiger partial charge >= 0.3 is 0 Å². The minimum Gasteiger partial charge on any atom is -0.341 e. The molecule has 0 atom stereocenters. The van der Waals surface area contributed by atoms with E-state index in [0.29, 0.717) is 5.16 Å². The van der Waals surface area contributed by atoms with Crippen molar-refractivity contribution < 1.29 is 13.6 Å². The topological polar surface area (TPSA) is 63.1 Å². The highest BCUT2D eigenvalue weighted by molar-refractivity contribution is 7.99. The van der Waals surface area contributed by atoms with Crippen LogP contribution in [-0.2, 0) is 4.79 Å². The second-order valence-electron chi connectivity index (χ2n) is 6.96. The molecule has 9 heteroatoms. The van der Waals surface area contributed by atoms with Gasteiger partial charge in [-0.1, -0.05) is 30.0 Å². The number of hydrogen-bond acceptors (Lipinski definition) is 5. The lowest BCUT2D eigenvalue weighted by atomic mass is 10.1. The van der Waals surface area contributed by atoms with Crippen LogP contribution in [0.3, 0.4) is 0 Å². The first-order valence-corrected chi connectivity index (χ1v) is 10.7. The molecule has 2 aromatic carbocycles. The number of para-hydroxylation sites is 1. The van der Waals surface area contributed by atoms with E-state index in [1.54, 1.807) is 0 Å². The third-order valence-corrected chi connectivity index (χ3v) is 5.74. The van der Waals surface area contributed by atoms with Crippen LogP contribution in [0.15, 0.2) is 53.7 Å². The molecule has 30 heavy (non-hydrogen) atoms. The van der Waals surface area contributed by atoms with E-state index < -0.39 is 17.5 Å². The molecule has 0 bridgehead atoms. The second kappa shape index (κ2) is 9.25. The number of nitrogens with zero attached hydrogens (tertiary/aromatic N) is 4. The lowest BCUT2D eigenvalue weighted by molar-refractivity contribution is -0.113. The van der Waals surface area contributed by atoms with Gasteiger partial charge in [-0.15, -0.1) is 10.2 Å². The molecule has 1 N–H and O–H groups in total. The van der Waals surface area contributed by atoms with Crippen LogP contribution in [0.25, 0.3) is 5.69 Å². The maximum absolute atomic E-state index is 13.8. The van der Waals surface area contributed by atoms with Gasteiger partial charge in [-0.2, -0.15) is 0 Å². The van der Waals surface area contributed by atoms with Gasteiger partial charge in [-0.25, -0.2) is 8.78 Å². The third kappa shape index (κ3) is 4.62. The Bertz CT molecular complexity index is 1020. The molecule has 1 fully saturated rings. The Labute approximate surface area is 177 Å². The number of rotatable bonds is 6. The highest BCUT2D eigenvalue weighted by Gasteiger charge is 2.22. The molecular formula is C21H21F2N5OS. The van der Waals surface area contributed by atoms with Crippen LogP contribution in [0.2, 0.25) is 0 Å². The summed E-state index contributed by atoms with van der Waals surface area (Å²) in [7, 11) is 0. The molecule has 156 valence electrons. The number of aromatic nitrogens is 3. The van der Waals surface area contributed by atoms with Gasteiger partial charge in [-0.05, 0) is 43.5 Å². The van der Waals surface area contributed by atoms with Crippen molar-refractivity contribution in [3.63, 3.8) is 0 Å². The lowest BCUT2D eigenvalue weighted by Crippen LogP contribution is -2.31. The van der Waals surface area contributed by atoms with Crippen LogP contribution < -0.4 is 10.2 Å². The molecule has 0 unspecified atom stereocenters. The van der Waals surface area contributed by atoms with Crippen LogP contribution in [0.5, 0.6) is 0 Å². The molecule has 1 aliphatic heterocycles. The Morgan fingerprint density at radius 3 is 2.53 bits per heavy atom. The van der Waals surface area contributed by atoms with E-state index in [1.807, 2.05) is 34.9 Å². The van der Waals surface area contributed by atoms with Crippen molar-refractivity contribution in [1.29, 1.82) is 0 Å². The summed E-state index contributed by atoms with van der Waals surface area (Å²) < 4.78 is 28.8. The highest BCUT2D eigenvalue weighted by Crippen LogP contribution is 2.28. The SMILES string of the molecule is O=C(CSc1nnc(N2CCCCC2)n1-c1ccccc1)Nc1ccc(F)cc1F. The number of amides is 1. The van der Waals surface area contributed by atoms with E-state index in [-0.39, 0.29) is 11.4 Å². The summed E-state index contributed by atoms with van der Waals surface area (Å²) in [6.45, 7) is 1.83. The molecule has 1 amide bonds. The van der Waals surface area contributed by atoms with E-state index in [0.717, 1.165) is 49.7 Å². The summed E-state index contributed by atoms with van der Waals surface area (Å²) in [4.78, 5) is 14.5. The summed E-state index contributed by atoms with van der Waals surface area (Å²) in [6, 6.07) is 12.8. The predicted molar refractivity (Wildman–Crippen MR) is 113 cm³/mol. The average Bonchev–Trinajstić information content (AvgIpc) is 3.19. The van der Waals surface area contributed by atoms with Crippen LogP contribution in [0, 0.1) is 11.6 Å². The van der Waals surface area contributed by atoms with E-state index in [9.17, 15) is 13.6 Å². The van der Waals surface area contributed by atoms with Crippen molar-refractivity contribution in [3.05, 3.63) is 60.2 Å². The fourth-order valence-electron chi connectivity index (χ4n) is 3.36. The Hall–Kier alpha value is -2.94. The number of hydrogen-bond donors (Lipinski definition) is 1. The molecule has 6 nitrogen and oxygen atoms in total. The number of anilines is 2. The summed E-state index contributed by atoms with van der Waals surface area (Å²) >= 11 is 1.22. The van der Waals surface area contributed by atoms with Gasteiger partial charge in [-0.3, -0.25) is 9.36 Å². The van der Waals surface area contributed by atoms with E-state index in [1.165, 1.54) is 24.2 Å². The summed E-state index contributed by atoms with van der Waals surface area (Å²) in [5.74, 6) is -1.14. The third-order valence-electron chi connectivity index (χ3n) is 4.81. The van der Waals surface area contributed by atoms with Crippen molar-refractivity contribution in [3.8, 4) is 5.69 Å². The zero-order valence-electron chi connectivity index (χ0n) is 16.2. The molecule has 3 aromatic rings. The molecular weight excluding hydrogens is 408 g/mol. The zero-order chi connectivity index (χ0) is 20.9. The molecule has 2 heterocycles. The number of carbonyl (C=O) groups is 1. The van der Waals surface area contributed by atoms with Gasteiger partial charge < -0.3 is 10.2 Å². The summed E-state index contributed by atoms with van der Waals surface area (Å²) in [6.07, 6.45) is 3.42. The van der Waals surface area contributed by atoms with Crippen molar-refractivity contribution in [2.45, 2.75) is 24.4 Å². The van der Waals surface area contributed by atoms with Crippen LogP contribution in [0.1, 0.15) is 19.3 Å². The summed E-state index contributed by atoms with van der Waals surface area (Å²) in [5, 5.41) is 11.7. The standard InChI is InChI=1S/C21H21F2N5OS/c22-15-9-10-18(17(23)13-15)24-19(29)14-30-21-26-25-20(27-11-5-2-6-12-27)28(21)16-7-3-1-4-8-16/h1,3-4,7-10,13H,2,5-6,11-12,14H2,(H,24,29). The van der Waals surface area contributed by atoms with Gasteiger partial charge in [0, 0.05) is 19.2 Å². The number of piperidine rings is 1. The smallest absolute Gasteiger partial charge is 0.234 e. The molecule has 4 rings (SSSR count). The fraction of sp³-hybridized carbons (Fsp3) is 0.286. The molecule has 0 aliphatic carbocycles. The number of benzene rings is 2. The van der Waals surface area contributed by atoms with Crippen LogP contribution in [0.4, 0.5) is 20.4 Å². The van der Waals surface area contributed by atoms with Crippen LogP contribution >= 0.6 is 11.8 Å². The largest absolute Gasteiger partial charge is 0.341 e. The van der Waals surface area contributed by atoms with Gasteiger partial charge in [0.05, 0.1) is 17.1 Å². The Morgan fingerprint density at radius 2 is 1.80 bits per heavy atom. The Balaban J connectivity index is 1.52. The van der Waals surface area contributed by atoms with E-state index >= 15 is 0 Å². The Morgan fingerprint density at radius 1 is 1.03 bits per heavy atom. The number of nitrogens with one attached hydrogen (secondary N) is 1. The quantitative estimate of drug-likeness (QED) is 0.593. The number of halogens is 2. The van der Waals surface area contributed by atoms with Crippen molar-refractivity contribution >= 4 is 29.3 Å². The zero-order valence-corrected chi connectivity index (χ0v) is 17.0. The van der Waals surface area contributed by atoms with E-state index in [2.05, 4.69) is 20.4 Å². The minimum atomic E-state index is -0.812. The van der Waals surface area contributed by atoms with Gasteiger partial charge in [0.1, 0.15) is 11.6 Å². The van der Waals surface area contributed by atoms with Crippen LogP contribution in [-0.4, -0.2) is 39.5 Å². The molecule has 1 aliphatic rings. The summed E-state index contributed by atoms with van der Waals surface area (Å²) in [5.41, 5.74) is 0.857. The molecule has 1 saturated heterocycles. The first-order valence-electron chi connectivity index (χ1n) is 9.75. The first kappa shape index (κ1) is 20.3. The molecule has 0 spiro atoms. The maximum atomic E-state index is 13.8. The first-order chi connectivity index (χ1) is 14.6. The molecule has 0 saturated carbocycles. The minimum absolute atomic E-state index is 0.0157. The van der Waals surface area contributed by atoms with Gasteiger partial charge in [0.25, 0.3) is 0 Å². The van der Waals surface area contributed by atoms with E-state index in [4.69, 9.17) is 0 Å². The molecule has 1 aromatic heterocycles. The van der Waals surface area contributed by atoms with Gasteiger partial charge in [0.2, 0.25) is 11.9 Å². The maximum Gasteiger partial charge on any atom is 0.234 e. The van der Waals surface area contributed by atoms with Crippen molar-refractivity contribution in [1.82, 2.24) is 14.8 Å². The van der Waals surface area contributed by atoms with Gasteiger partial charge in [0.15, 0.2) is 5.16 Å². The number of thioether (sulfide) groups is 1. The highest BCUT2D eigenvalue weighted by atomic mass is 32.2. The number of carbonyl (C=O) groups excluding carboxylic acids is 1. The lowest BCUT2D eigenvalue weighted by Gasteiger charge is -2.27. The second-order valence-corrected chi connectivity index (χ2v) is 7.90. The van der Waals surface area contributed by atoms with Crippen molar-refractivity contribution in [2.75, 3.05) is 29.1 Å². The Kier molecular flexibility index (Phi) is 6.27. The monoisotopic (exact) mass is 429 g/mol. The average molecular weight is 429 g/mol. The van der Waals surface area contributed by atoms with Crippen molar-refractivity contribution in [2.24, 2.45) is 0 Å². The predicted octanol–water partition coefficient (Wildman–Crippen LogP) is 4.27.